The van der Waals surface area contributed by atoms with Crippen LogP contribution in [0.3, 0.4) is 0 Å². The molecule has 0 saturated heterocycles. The van der Waals surface area contributed by atoms with Crippen LogP contribution in [0.15, 0.2) is 10.5 Å². The summed E-state index contributed by atoms with van der Waals surface area (Å²) in [6.45, 7) is 4.03. The summed E-state index contributed by atoms with van der Waals surface area (Å²) in [5.41, 5.74) is 9.56. The number of benzene rings is 1. The predicted molar refractivity (Wildman–Crippen MR) is 65.0 cm³/mol. The van der Waals surface area contributed by atoms with Gasteiger partial charge < -0.3 is 10.8 Å². The highest BCUT2D eigenvalue weighted by atomic mass is 79.9. The van der Waals surface area contributed by atoms with E-state index in [2.05, 4.69) is 15.9 Å². The average Bonchev–Trinajstić information content (AvgIpc) is 2.11. The minimum atomic E-state index is -0.162. The van der Waals surface area contributed by atoms with E-state index in [9.17, 15) is 5.11 Å². The molecule has 2 nitrogen and oxygen atoms in total. The van der Waals surface area contributed by atoms with Crippen molar-refractivity contribution in [1.29, 1.82) is 0 Å². The number of halogens is 1. The van der Waals surface area contributed by atoms with Crippen LogP contribution in [0.1, 0.15) is 36.0 Å². The van der Waals surface area contributed by atoms with Crippen LogP contribution in [0, 0.1) is 13.8 Å². The van der Waals surface area contributed by atoms with Crippen LogP contribution in [0.4, 0.5) is 0 Å². The van der Waals surface area contributed by atoms with E-state index in [0.29, 0.717) is 5.75 Å². The van der Waals surface area contributed by atoms with E-state index in [1.807, 2.05) is 13.8 Å². The van der Waals surface area contributed by atoms with E-state index >= 15 is 0 Å². The van der Waals surface area contributed by atoms with Crippen molar-refractivity contribution in [2.75, 3.05) is 0 Å². The molecule has 0 bridgehead atoms. The van der Waals surface area contributed by atoms with E-state index in [1.54, 1.807) is 6.07 Å². The molecule has 1 aliphatic rings. The number of phenolic OH excluding ortho intramolecular Hbond substituents is 1. The van der Waals surface area contributed by atoms with E-state index < -0.39 is 0 Å². The molecule has 2 rings (SSSR count). The van der Waals surface area contributed by atoms with Gasteiger partial charge in [0.25, 0.3) is 0 Å². The first-order valence-corrected chi connectivity index (χ1v) is 6.03. The molecule has 1 fully saturated rings. The maximum Gasteiger partial charge on any atom is 0.130 e. The summed E-state index contributed by atoms with van der Waals surface area (Å²) in [7, 11) is 0. The first-order valence-electron chi connectivity index (χ1n) is 5.24. The molecule has 0 unspecified atom stereocenters. The number of hydrogen-bond acceptors (Lipinski definition) is 2. The van der Waals surface area contributed by atoms with Gasteiger partial charge in [-0.25, -0.2) is 0 Å². The minimum Gasteiger partial charge on any atom is -0.507 e. The Hall–Kier alpha value is -0.540. The topological polar surface area (TPSA) is 46.2 Å². The highest BCUT2D eigenvalue weighted by Gasteiger charge is 2.37. The molecule has 3 N–H and O–H groups in total. The molecule has 0 amide bonds. The normalized spacial score (nSPS) is 18.7. The molecule has 1 aromatic rings. The van der Waals surface area contributed by atoms with Crippen LogP contribution in [-0.2, 0) is 5.54 Å². The van der Waals surface area contributed by atoms with Crippen LogP contribution in [0.25, 0.3) is 0 Å². The van der Waals surface area contributed by atoms with Crippen molar-refractivity contribution in [3.63, 3.8) is 0 Å². The Morgan fingerprint density at radius 1 is 1.40 bits per heavy atom. The fourth-order valence-electron chi connectivity index (χ4n) is 2.51. The van der Waals surface area contributed by atoms with Crippen LogP contribution in [-0.4, -0.2) is 5.11 Å². The van der Waals surface area contributed by atoms with Gasteiger partial charge in [0.1, 0.15) is 5.75 Å². The molecule has 1 saturated carbocycles. The largest absolute Gasteiger partial charge is 0.507 e. The van der Waals surface area contributed by atoms with Crippen LogP contribution in [0.2, 0.25) is 0 Å². The lowest BCUT2D eigenvalue weighted by atomic mass is 9.70. The zero-order valence-corrected chi connectivity index (χ0v) is 10.7. The molecule has 82 valence electrons. The Morgan fingerprint density at radius 2 is 2.00 bits per heavy atom. The smallest absolute Gasteiger partial charge is 0.130 e. The molecule has 1 aromatic carbocycles. The van der Waals surface area contributed by atoms with Gasteiger partial charge in [-0.2, -0.15) is 0 Å². The van der Waals surface area contributed by atoms with Gasteiger partial charge in [-0.05, 0) is 71.8 Å². The fourth-order valence-corrected chi connectivity index (χ4v) is 2.82. The lowest BCUT2D eigenvalue weighted by Gasteiger charge is -2.41. The minimum absolute atomic E-state index is 0.162. The van der Waals surface area contributed by atoms with Crippen molar-refractivity contribution in [3.8, 4) is 5.75 Å². The van der Waals surface area contributed by atoms with Crippen LogP contribution >= 0.6 is 15.9 Å². The summed E-state index contributed by atoms with van der Waals surface area (Å²) in [5, 5.41) is 9.67. The van der Waals surface area contributed by atoms with Crippen molar-refractivity contribution in [2.45, 2.75) is 38.6 Å². The quantitative estimate of drug-likeness (QED) is 0.823. The highest BCUT2D eigenvalue weighted by Crippen LogP contribution is 2.45. The Labute approximate surface area is 98.6 Å². The second-order valence-corrected chi connectivity index (χ2v) is 5.33. The van der Waals surface area contributed by atoms with Crippen LogP contribution in [0.5, 0.6) is 5.75 Å². The van der Waals surface area contributed by atoms with Crippen LogP contribution < -0.4 is 5.73 Å². The number of aryl methyl sites for hydroxylation is 1. The van der Waals surface area contributed by atoms with Gasteiger partial charge in [0.15, 0.2) is 0 Å². The summed E-state index contributed by atoms with van der Waals surface area (Å²) in [5.74, 6) is 0.302. The zero-order valence-electron chi connectivity index (χ0n) is 9.10. The SMILES string of the molecule is Cc1cc(O)c(Br)c(C)c1C1(N)CCC1. The zero-order chi connectivity index (χ0) is 11.2. The molecular weight excluding hydrogens is 254 g/mol. The summed E-state index contributed by atoms with van der Waals surface area (Å²) >= 11 is 3.40. The fraction of sp³-hybridized carbons (Fsp3) is 0.500. The van der Waals surface area contributed by atoms with E-state index in [1.165, 1.54) is 12.0 Å². The number of aromatic hydroxyl groups is 1. The Bertz CT molecular complexity index is 411. The molecule has 0 heterocycles. The average molecular weight is 270 g/mol. The summed E-state index contributed by atoms with van der Waals surface area (Å²) in [6.07, 6.45) is 3.30. The second kappa shape index (κ2) is 3.49. The molecule has 3 heteroatoms. The van der Waals surface area contributed by atoms with E-state index in [-0.39, 0.29) is 5.54 Å². The maximum absolute atomic E-state index is 9.67. The molecule has 0 aromatic heterocycles. The predicted octanol–water partition coefficient (Wildman–Crippen LogP) is 3.11. The third kappa shape index (κ3) is 1.58. The second-order valence-electron chi connectivity index (χ2n) is 4.54. The Morgan fingerprint density at radius 3 is 2.47 bits per heavy atom. The van der Waals surface area contributed by atoms with Gasteiger partial charge in [-0.1, -0.05) is 0 Å². The molecule has 0 spiro atoms. The van der Waals surface area contributed by atoms with E-state index in [4.69, 9.17) is 5.73 Å². The molecule has 15 heavy (non-hydrogen) atoms. The van der Waals surface area contributed by atoms with Crippen molar-refractivity contribution < 1.29 is 5.11 Å². The molecule has 0 aliphatic heterocycles. The van der Waals surface area contributed by atoms with Crippen molar-refractivity contribution in [1.82, 2.24) is 0 Å². The number of phenols is 1. The number of rotatable bonds is 1. The highest BCUT2D eigenvalue weighted by molar-refractivity contribution is 9.10. The van der Waals surface area contributed by atoms with Gasteiger partial charge >= 0.3 is 0 Å². The first-order chi connectivity index (χ1) is 6.96. The van der Waals surface area contributed by atoms with E-state index in [0.717, 1.165) is 28.4 Å². The van der Waals surface area contributed by atoms with Gasteiger partial charge in [-0.15, -0.1) is 0 Å². The Balaban J connectivity index is 2.61. The summed E-state index contributed by atoms with van der Waals surface area (Å²) in [6, 6.07) is 1.79. The van der Waals surface area contributed by atoms with Gasteiger partial charge in [0.2, 0.25) is 0 Å². The van der Waals surface area contributed by atoms with Gasteiger partial charge in [-0.3, -0.25) is 0 Å². The first kappa shape index (κ1) is 11.0. The monoisotopic (exact) mass is 269 g/mol. The lowest BCUT2D eigenvalue weighted by Crippen LogP contribution is -2.44. The molecule has 0 radical (unpaired) electrons. The van der Waals surface area contributed by atoms with Crippen molar-refractivity contribution in [2.24, 2.45) is 5.73 Å². The molecular formula is C12H16BrNO. The van der Waals surface area contributed by atoms with Crippen molar-refractivity contribution >= 4 is 15.9 Å². The van der Waals surface area contributed by atoms with Crippen molar-refractivity contribution in [3.05, 3.63) is 27.2 Å². The summed E-state index contributed by atoms with van der Waals surface area (Å²) in [4.78, 5) is 0. The number of hydrogen-bond donors (Lipinski definition) is 2. The standard InChI is InChI=1S/C12H16BrNO/c1-7-6-9(15)11(13)8(2)10(7)12(14)4-3-5-12/h6,15H,3-5,14H2,1-2H3. The number of nitrogens with two attached hydrogens (primary N) is 1. The lowest BCUT2D eigenvalue weighted by molar-refractivity contribution is 0.251. The maximum atomic E-state index is 9.67. The third-order valence-corrected chi connectivity index (χ3v) is 4.42. The van der Waals surface area contributed by atoms with Gasteiger partial charge in [0, 0.05) is 5.54 Å². The third-order valence-electron chi connectivity index (χ3n) is 3.42. The molecule has 0 atom stereocenters. The Kier molecular flexibility index (Phi) is 2.55. The van der Waals surface area contributed by atoms with Gasteiger partial charge in [0.05, 0.1) is 4.47 Å². The summed E-state index contributed by atoms with van der Waals surface area (Å²) < 4.78 is 0.778. The molecule has 1 aliphatic carbocycles.